The lowest BCUT2D eigenvalue weighted by atomic mass is 9.86. The topological polar surface area (TPSA) is 117 Å². The number of rotatable bonds is 6. The molecule has 0 spiro atoms. The monoisotopic (exact) mass is 511 g/mol. The number of hydrogen-bond donors (Lipinski definition) is 2. The third-order valence-corrected chi connectivity index (χ3v) is 8.48. The number of para-hydroxylation sites is 1. The highest BCUT2D eigenvalue weighted by atomic mass is 32.2. The number of aliphatic hydroxyl groups is 1. The maximum Gasteiger partial charge on any atom is 0.264 e. The fourth-order valence-corrected chi connectivity index (χ4v) is 6.40. The molecule has 11 heteroatoms. The van der Waals surface area contributed by atoms with Crippen molar-refractivity contribution in [3.63, 3.8) is 0 Å². The molecule has 0 saturated carbocycles. The van der Waals surface area contributed by atoms with E-state index in [1.807, 2.05) is 19.3 Å². The summed E-state index contributed by atoms with van der Waals surface area (Å²) in [4.78, 5) is 19.0. The predicted octanol–water partition coefficient (Wildman–Crippen LogP) is 3.04. The Bertz CT molecular complexity index is 1470. The van der Waals surface area contributed by atoms with Crippen LogP contribution in [0.5, 0.6) is 0 Å². The van der Waals surface area contributed by atoms with Crippen LogP contribution in [-0.4, -0.2) is 57.8 Å². The number of aryl methyl sites for hydroxylation is 1. The van der Waals surface area contributed by atoms with Crippen LogP contribution in [0, 0.1) is 0 Å². The molecule has 0 aliphatic carbocycles. The van der Waals surface area contributed by atoms with Gasteiger partial charge in [-0.05, 0) is 54.8 Å². The molecule has 1 aliphatic rings. The minimum Gasteiger partial charge on any atom is -0.389 e. The summed E-state index contributed by atoms with van der Waals surface area (Å²) >= 11 is 1.38. The Kier molecular flexibility index (Phi) is 6.07. The van der Waals surface area contributed by atoms with E-state index in [0.29, 0.717) is 49.1 Å². The van der Waals surface area contributed by atoms with Crippen LogP contribution in [0.15, 0.2) is 65.3 Å². The Morgan fingerprint density at radius 3 is 2.60 bits per heavy atom. The molecule has 182 valence electrons. The molecule has 1 fully saturated rings. The Morgan fingerprint density at radius 1 is 1.17 bits per heavy atom. The first-order valence-electron chi connectivity index (χ1n) is 11.2. The van der Waals surface area contributed by atoms with Gasteiger partial charge in [-0.2, -0.15) is 5.10 Å². The van der Waals surface area contributed by atoms with Crippen molar-refractivity contribution in [2.45, 2.75) is 29.8 Å². The number of aromatic nitrogens is 3. The molecule has 2 aromatic heterocycles. The molecule has 1 amide bonds. The summed E-state index contributed by atoms with van der Waals surface area (Å²) in [5.41, 5.74) is 2.99. The van der Waals surface area contributed by atoms with E-state index in [0.717, 1.165) is 10.3 Å². The molecule has 4 aromatic rings. The van der Waals surface area contributed by atoms with Gasteiger partial charge in [0, 0.05) is 44.0 Å². The van der Waals surface area contributed by atoms with Crippen LogP contribution >= 0.6 is 11.3 Å². The smallest absolute Gasteiger partial charge is 0.264 e. The molecule has 0 bridgehead atoms. The van der Waals surface area contributed by atoms with Gasteiger partial charge in [-0.1, -0.05) is 6.07 Å². The van der Waals surface area contributed by atoms with E-state index in [4.69, 9.17) is 0 Å². The number of likely N-dealkylation sites (tertiary alicyclic amines) is 1. The van der Waals surface area contributed by atoms with Crippen molar-refractivity contribution >= 4 is 43.2 Å². The minimum atomic E-state index is -3.84. The van der Waals surface area contributed by atoms with Gasteiger partial charge in [0.15, 0.2) is 0 Å². The van der Waals surface area contributed by atoms with Gasteiger partial charge in [0.2, 0.25) is 0 Å². The van der Waals surface area contributed by atoms with Crippen LogP contribution in [0.4, 0.5) is 5.69 Å². The Morgan fingerprint density at radius 2 is 1.91 bits per heavy atom. The van der Waals surface area contributed by atoms with E-state index in [1.165, 1.54) is 17.4 Å². The number of nitrogens with one attached hydrogen (secondary N) is 1. The van der Waals surface area contributed by atoms with Gasteiger partial charge < -0.3 is 10.0 Å². The first-order valence-corrected chi connectivity index (χ1v) is 13.5. The van der Waals surface area contributed by atoms with Crippen molar-refractivity contribution in [2.24, 2.45) is 7.05 Å². The number of anilines is 1. The van der Waals surface area contributed by atoms with Crippen LogP contribution in [0.3, 0.4) is 0 Å². The van der Waals surface area contributed by atoms with Crippen molar-refractivity contribution in [2.75, 3.05) is 17.8 Å². The van der Waals surface area contributed by atoms with E-state index >= 15 is 0 Å². The summed E-state index contributed by atoms with van der Waals surface area (Å²) in [6.45, 7) is 0.892. The van der Waals surface area contributed by atoms with Crippen molar-refractivity contribution in [1.82, 2.24) is 19.7 Å². The number of piperidine rings is 1. The largest absolute Gasteiger partial charge is 0.389 e. The summed E-state index contributed by atoms with van der Waals surface area (Å²) < 4.78 is 30.9. The SMILES string of the molecule is Cn1cc(CC2(O)CCN(C(=O)c3ccc(NS(=O)(=O)c4cccc5scnc45)cc3)CC2)cn1. The Balaban J connectivity index is 1.23. The van der Waals surface area contributed by atoms with E-state index < -0.39 is 15.6 Å². The number of carbonyl (C=O) groups is 1. The highest BCUT2D eigenvalue weighted by Gasteiger charge is 2.34. The molecule has 1 aliphatic heterocycles. The fourth-order valence-electron chi connectivity index (χ4n) is 4.40. The second-order valence-electron chi connectivity index (χ2n) is 8.85. The number of amides is 1. The van der Waals surface area contributed by atoms with Crippen molar-refractivity contribution < 1.29 is 18.3 Å². The maximum absolute atomic E-state index is 13.0. The molecule has 9 nitrogen and oxygen atoms in total. The lowest BCUT2D eigenvalue weighted by Crippen LogP contribution is -2.47. The minimum absolute atomic E-state index is 0.114. The van der Waals surface area contributed by atoms with Gasteiger partial charge >= 0.3 is 0 Å². The molecule has 5 rings (SSSR count). The van der Waals surface area contributed by atoms with E-state index in [-0.39, 0.29) is 10.8 Å². The third-order valence-electron chi connectivity index (χ3n) is 6.27. The lowest BCUT2D eigenvalue weighted by Gasteiger charge is -2.38. The number of hydrogen-bond acceptors (Lipinski definition) is 7. The number of sulfonamides is 1. The molecular weight excluding hydrogens is 486 g/mol. The molecule has 35 heavy (non-hydrogen) atoms. The summed E-state index contributed by atoms with van der Waals surface area (Å²) in [5.74, 6) is -0.143. The average Bonchev–Trinajstić information content (AvgIpc) is 3.47. The van der Waals surface area contributed by atoms with Gasteiger partial charge in [-0.3, -0.25) is 14.2 Å². The number of fused-ring (bicyclic) bond motifs is 1. The lowest BCUT2D eigenvalue weighted by molar-refractivity contribution is -0.0162. The number of nitrogens with zero attached hydrogens (tertiary/aromatic N) is 4. The van der Waals surface area contributed by atoms with Crippen molar-refractivity contribution in [3.05, 3.63) is 71.5 Å². The van der Waals surface area contributed by atoms with E-state index in [2.05, 4.69) is 14.8 Å². The maximum atomic E-state index is 13.0. The van der Waals surface area contributed by atoms with Crippen molar-refractivity contribution in [3.8, 4) is 0 Å². The fraction of sp³-hybridized carbons (Fsp3) is 0.292. The molecule has 2 aromatic carbocycles. The van der Waals surface area contributed by atoms with Gasteiger partial charge in [0.25, 0.3) is 15.9 Å². The molecule has 0 radical (unpaired) electrons. The first-order chi connectivity index (χ1) is 16.7. The summed E-state index contributed by atoms with van der Waals surface area (Å²) in [6.07, 6.45) is 5.11. The highest BCUT2D eigenvalue weighted by Crippen LogP contribution is 2.28. The zero-order valence-electron chi connectivity index (χ0n) is 19.1. The second kappa shape index (κ2) is 9.06. The Hall–Kier alpha value is -3.28. The molecule has 2 N–H and O–H groups in total. The highest BCUT2D eigenvalue weighted by molar-refractivity contribution is 7.93. The zero-order chi connectivity index (χ0) is 24.6. The number of thiazole rings is 1. The van der Waals surface area contributed by atoms with E-state index in [1.54, 1.807) is 51.6 Å². The van der Waals surface area contributed by atoms with Crippen LogP contribution in [0.1, 0.15) is 28.8 Å². The molecule has 1 saturated heterocycles. The summed E-state index contributed by atoms with van der Waals surface area (Å²) in [6, 6.07) is 11.4. The van der Waals surface area contributed by atoms with Gasteiger partial charge in [0.05, 0.1) is 22.0 Å². The predicted molar refractivity (Wildman–Crippen MR) is 134 cm³/mol. The normalized spacial score (nSPS) is 15.9. The van der Waals surface area contributed by atoms with E-state index in [9.17, 15) is 18.3 Å². The van der Waals surface area contributed by atoms with Crippen LogP contribution in [-0.2, 0) is 23.5 Å². The van der Waals surface area contributed by atoms with Crippen LogP contribution in [0.25, 0.3) is 10.2 Å². The summed E-state index contributed by atoms with van der Waals surface area (Å²) in [5, 5.41) is 15.1. The van der Waals surface area contributed by atoms with Crippen LogP contribution in [0.2, 0.25) is 0 Å². The number of carbonyl (C=O) groups excluding carboxylic acids is 1. The van der Waals surface area contributed by atoms with Gasteiger partial charge in [-0.15, -0.1) is 11.3 Å². The third kappa shape index (κ3) is 4.93. The van der Waals surface area contributed by atoms with Crippen LogP contribution < -0.4 is 4.72 Å². The average molecular weight is 512 g/mol. The first kappa shape index (κ1) is 23.5. The molecular formula is C24H25N5O4S2. The standard InChI is InChI=1S/C24H25N5O4S2/c1-28-15-17(14-26-28)13-24(31)9-11-29(12-10-24)23(30)18-5-7-19(8-6-18)27-35(32,33)21-4-2-3-20-22(21)25-16-34-20/h2-8,14-16,27,31H,9-13H2,1H3. The number of benzene rings is 2. The van der Waals surface area contributed by atoms with Crippen molar-refractivity contribution in [1.29, 1.82) is 0 Å². The Labute approximate surface area is 207 Å². The molecule has 0 unspecified atom stereocenters. The molecule has 3 heterocycles. The van der Waals surface area contributed by atoms with Gasteiger partial charge in [-0.25, -0.2) is 13.4 Å². The second-order valence-corrected chi connectivity index (χ2v) is 11.4. The van der Waals surface area contributed by atoms with Gasteiger partial charge in [0.1, 0.15) is 10.4 Å². The summed E-state index contributed by atoms with van der Waals surface area (Å²) in [7, 11) is -2.00. The quantitative estimate of drug-likeness (QED) is 0.411. The molecule has 0 atom stereocenters. The zero-order valence-corrected chi connectivity index (χ0v) is 20.7.